The molecule has 0 rings (SSSR count). The molecule has 0 heterocycles. The van der Waals surface area contributed by atoms with Gasteiger partial charge >= 0.3 is 0 Å². The smallest absolute Gasteiger partial charge is 0.149 e. The second-order valence-corrected chi connectivity index (χ2v) is 4.32. The predicted octanol–water partition coefficient (Wildman–Crippen LogP) is 1.94. The predicted molar refractivity (Wildman–Crippen MR) is 52.2 cm³/mol. The van der Waals surface area contributed by atoms with Crippen LogP contribution < -0.4 is 0 Å². The number of Topliss-reactive ketones (excluding diaryl/α,β-unsaturated/α-hetero) is 1. The molecule has 0 bridgehead atoms. The van der Waals surface area contributed by atoms with Crippen molar-refractivity contribution in [2.45, 2.75) is 39.7 Å². The van der Waals surface area contributed by atoms with Crippen LogP contribution in [0.4, 0.5) is 0 Å². The zero-order valence-electron chi connectivity index (χ0n) is 9.14. The van der Waals surface area contributed by atoms with Crippen molar-refractivity contribution in [2.75, 3.05) is 14.1 Å². The maximum atomic E-state index is 11.4. The van der Waals surface area contributed by atoms with E-state index in [1.54, 1.807) is 6.92 Å². The van der Waals surface area contributed by atoms with Crippen molar-refractivity contribution in [2.24, 2.45) is 5.92 Å². The van der Waals surface area contributed by atoms with Crippen molar-refractivity contribution in [3.05, 3.63) is 0 Å². The number of hydrogen-bond donors (Lipinski definition) is 0. The van der Waals surface area contributed by atoms with Gasteiger partial charge in [0.05, 0.1) is 5.54 Å². The largest absolute Gasteiger partial charge is 0.298 e. The van der Waals surface area contributed by atoms with Crippen molar-refractivity contribution in [1.82, 2.24) is 4.90 Å². The number of nitrogens with zero attached hydrogens (tertiary/aromatic N) is 1. The molecule has 0 amide bonds. The van der Waals surface area contributed by atoms with E-state index in [0.717, 1.165) is 6.42 Å². The summed E-state index contributed by atoms with van der Waals surface area (Å²) in [4.78, 5) is 13.4. The maximum Gasteiger partial charge on any atom is 0.149 e. The Morgan fingerprint density at radius 1 is 1.42 bits per heavy atom. The lowest BCUT2D eigenvalue weighted by atomic mass is 9.86. The van der Waals surface area contributed by atoms with Gasteiger partial charge in [-0.05, 0) is 40.3 Å². The Bertz CT molecular complexity index is 163. The van der Waals surface area contributed by atoms with Gasteiger partial charge in [-0.1, -0.05) is 13.8 Å². The van der Waals surface area contributed by atoms with E-state index >= 15 is 0 Å². The highest BCUT2D eigenvalue weighted by atomic mass is 16.1. The van der Waals surface area contributed by atoms with Crippen LogP contribution >= 0.6 is 0 Å². The van der Waals surface area contributed by atoms with E-state index in [1.807, 2.05) is 25.9 Å². The molecule has 0 aliphatic rings. The maximum absolute atomic E-state index is 11.4. The summed E-state index contributed by atoms with van der Waals surface area (Å²) >= 11 is 0. The Morgan fingerprint density at radius 2 is 1.83 bits per heavy atom. The normalized spacial score (nSPS) is 16.7. The van der Waals surface area contributed by atoms with Gasteiger partial charge in [0.2, 0.25) is 0 Å². The Balaban J connectivity index is 4.51. The molecular formula is C10H21NO. The molecule has 2 heteroatoms. The van der Waals surface area contributed by atoms with Gasteiger partial charge in [-0.15, -0.1) is 0 Å². The average molecular weight is 171 g/mol. The molecule has 12 heavy (non-hydrogen) atoms. The summed E-state index contributed by atoms with van der Waals surface area (Å²) < 4.78 is 0. The lowest BCUT2D eigenvalue weighted by Crippen LogP contribution is -2.48. The monoisotopic (exact) mass is 171 g/mol. The van der Waals surface area contributed by atoms with Crippen LogP contribution in [0.3, 0.4) is 0 Å². The minimum absolute atomic E-state index is 0.251. The molecule has 1 unspecified atom stereocenters. The Hall–Kier alpha value is -0.370. The van der Waals surface area contributed by atoms with Gasteiger partial charge < -0.3 is 0 Å². The number of rotatable bonds is 4. The number of carbonyl (C=O) groups excluding carboxylic acids is 1. The standard InChI is InChI=1S/C10H21NO/c1-8(2)7-10(4,9(3)12)11(5)6/h8H,7H2,1-6H3. The van der Waals surface area contributed by atoms with Gasteiger partial charge in [-0.3, -0.25) is 9.69 Å². The van der Waals surface area contributed by atoms with Crippen LogP contribution in [0.15, 0.2) is 0 Å². The van der Waals surface area contributed by atoms with Crippen molar-refractivity contribution in [3.63, 3.8) is 0 Å². The minimum Gasteiger partial charge on any atom is -0.298 e. The van der Waals surface area contributed by atoms with E-state index in [-0.39, 0.29) is 11.3 Å². The van der Waals surface area contributed by atoms with Crippen LogP contribution in [0, 0.1) is 5.92 Å². The van der Waals surface area contributed by atoms with E-state index < -0.39 is 0 Å². The number of carbonyl (C=O) groups is 1. The molecule has 0 saturated carbocycles. The van der Waals surface area contributed by atoms with E-state index in [9.17, 15) is 4.79 Å². The van der Waals surface area contributed by atoms with E-state index in [4.69, 9.17) is 0 Å². The van der Waals surface area contributed by atoms with Crippen molar-refractivity contribution >= 4 is 5.78 Å². The summed E-state index contributed by atoms with van der Waals surface area (Å²) in [5.41, 5.74) is -0.284. The molecular weight excluding hydrogens is 150 g/mol. The van der Waals surface area contributed by atoms with E-state index in [2.05, 4.69) is 13.8 Å². The second-order valence-electron chi connectivity index (χ2n) is 4.32. The van der Waals surface area contributed by atoms with Crippen molar-refractivity contribution in [3.8, 4) is 0 Å². The van der Waals surface area contributed by atoms with Gasteiger partial charge in [0.1, 0.15) is 5.78 Å². The minimum atomic E-state index is -0.284. The molecule has 0 aromatic carbocycles. The molecule has 0 saturated heterocycles. The molecule has 0 aromatic heterocycles. The molecule has 0 aliphatic heterocycles. The third-order valence-corrected chi connectivity index (χ3v) is 2.55. The van der Waals surface area contributed by atoms with Crippen LogP contribution in [-0.4, -0.2) is 30.3 Å². The van der Waals surface area contributed by atoms with E-state index in [0.29, 0.717) is 5.92 Å². The van der Waals surface area contributed by atoms with Crippen LogP contribution in [0.25, 0.3) is 0 Å². The fourth-order valence-electron chi connectivity index (χ4n) is 1.44. The van der Waals surface area contributed by atoms with Crippen molar-refractivity contribution in [1.29, 1.82) is 0 Å². The summed E-state index contributed by atoms with van der Waals surface area (Å²) in [7, 11) is 3.92. The second kappa shape index (κ2) is 4.04. The third-order valence-electron chi connectivity index (χ3n) is 2.55. The highest BCUT2D eigenvalue weighted by Gasteiger charge is 2.32. The van der Waals surface area contributed by atoms with Crippen LogP contribution in [0.5, 0.6) is 0 Å². The molecule has 0 radical (unpaired) electrons. The summed E-state index contributed by atoms with van der Waals surface area (Å²) in [6, 6.07) is 0. The third kappa shape index (κ3) is 2.59. The zero-order chi connectivity index (χ0) is 9.94. The zero-order valence-corrected chi connectivity index (χ0v) is 9.14. The first-order chi connectivity index (χ1) is 5.30. The topological polar surface area (TPSA) is 20.3 Å². The van der Waals surface area contributed by atoms with Crippen LogP contribution in [-0.2, 0) is 4.79 Å². The van der Waals surface area contributed by atoms with Gasteiger partial charge in [-0.25, -0.2) is 0 Å². The fourth-order valence-corrected chi connectivity index (χ4v) is 1.44. The molecule has 0 N–H and O–H groups in total. The van der Waals surface area contributed by atoms with Gasteiger partial charge in [-0.2, -0.15) is 0 Å². The summed E-state index contributed by atoms with van der Waals surface area (Å²) in [5, 5.41) is 0. The Labute approximate surface area is 75.9 Å². The first-order valence-corrected chi connectivity index (χ1v) is 4.49. The van der Waals surface area contributed by atoms with Gasteiger partial charge in [0.15, 0.2) is 0 Å². The molecule has 2 nitrogen and oxygen atoms in total. The number of likely N-dealkylation sites (N-methyl/N-ethyl adjacent to an activating group) is 1. The highest BCUT2D eigenvalue weighted by molar-refractivity contribution is 5.85. The molecule has 0 spiro atoms. The first-order valence-electron chi connectivity index (χ1n) is 4.49. The number of ketones is 1. The molecule has 0 aromatic rings. The summed E-state index contributed by atoms with van der Waals surface area (Å²) in [5.74, 6) is 0.808. The van der Waals surface area contributed by atoms with E-state index in [1.165, 1.54) is 0 Å². The SMILES string of the molecule is CC(=O)C(C)(CC(C)C)N(C)C. The van der Waals surface area contributed by atoms with Crippen LogP contribution in [0.1, 0.15) is 34.1 Å². The lowest BCUT2D eigenvalue weighted by Gasteiger charge is -2.35. The van der Waals surface area contributed by atoms with Gasteiger partial charge in [0.25, 0.3) is 0 Å². The quantitative estimate of drug-likeness (QED) is 0.644. The summed E-state index contributed by atoms with van der Waals surface area (Å²) in [6.07, 6.45) is 0.926. The average Bonchev–Trinajstić information content (AvgIpc) is 1.84. The van der Waals surface area contributed by atoms with Gasteiger partial charge in [0, 0.05) is 0 Å². The molecule has 0 aliphatic carbocycles. The van der Waals surface area contributed by atoms with Crippen molar-refractivity contribution < 1.29 is 4.79 Å². The molecule has 1 atom stereocenters. The molecule has 0 fully saturated rings. The summed E-state index contributed by atoms with van der Waals surface area (Å²) in [6.45, 7) is 7.97. The Kier molecular flexibility index (Phi) is 3.91. The first kappa shape index (κ1) is 11.6. The number of hydrogen-bond acceptors (Lipinski definition) is 2. The highest BCUT2D eigenvalue weighted by Crippen LogP contribution is 2.22. The Morgan fingerprint density at radius 3 is 1.92 bits per heavy atom. The fraction of sp³-hybridized carbons (Fsp3) is 0.900. The molecule has 72 valence electrons. The lowest BCUT2D eigenvalue weighted by molar-refractivity contribution is -0.127. The van der Waals surface area contributed by atoms with Crippen LogP contribution in [0.2, 0.25) is 0 Å².